The van der Waals surface area contributed by atoms with Crippen molar-refractivity contribution >= 4 is 23.6 Å². The fourth-order valence-electron chi connectivity index (χ4n) is 2.68. The van der Waals surface area contributed by atoms with Crippen molar-refractivity contribution in [1.29, 1.82) is 0 Å². The number of hydrogen-bond acceptors (Lipinski definition) is 3. The van der Waals surface area contributed by atoms with Crippen LogP contribution in [0.5, 0.6) is 0 Å². The molecule has 0 aliphatic rings. The molecule has 0 heterocycles. The van der Waals surface area contributed by atoms with Crippen LogP contribution in [0.3, 0.4) is 0 Å². The van der Waals surface area contributed by atoms with Crippen molar-refractivity contribution in [2.24, 2.45) is 0 Å². The Morgan fingerprint density at radius 2 is 1.54 bits per heavy atom. The first-order valence-electron chi connectivity index (χ1n) is 9.23. The molecule has 0 aliphatic heterocycles. The fraction of sp³-hybridized carbons (Fsp3) is 0.364. The van der Waals surface area contributed by atoms with Crippen LogP contribution in [0.4, 0.5) is 4.79 Å². The number of carbonyl (C=O) groups excluding carboxylic acids is 2. The maximum atomic E-state index is 13.0. The number of alkyl halides is 1. The summed E-state index contributed by atoms with van der Waals surface area (Å²) < 4.78 is 5.32. The highest BCUT2D eigenvalue weighted by atomic mass is 35.5. The summed E-state index contributed by atoms with van der Waals surface area (Å²) >= 11 is 6.08. The molecule has 2 atom stereocenters. The van der Waals surface area contributed by atoms with Crippen molar-refractivity contribution < 1.29 is 14.3 Å². The molecule has 2 amide bonds. The van der Waals surface area contributed by atoms with E-state index < -0.39 is 17.7 Å². The Hall–Kier alpha value is -2.53. The molecule has 0 bridgehead atoms. The zero-order chi connectivity index (χ0) is 20.6. The van der Waals surface area contributed by atoms with E-state index in [-0.39, 0.29) is 17.8 Å². The molecule has 0 saturated carbocycles. The predicted octanol–water partition coefficient (Wildman–Crippen LogP) is 4.22. The molecule has 5 nitrogen and oxygen atoms in total. The highest BCUT2D eigenvalue weighted by molar-refractivity contribution is 6.18. The Morgan fingerprint density at radius 1 is 0.964 bits per heavy atom. The first-order valence-corrected chi connectivity index (χ1v) is 9.76. The van der Waals surface area contributed by atoms with Crippen LogP contribution in [0.25, 0.3) is 0 Å². The Bertz CT molecular complexity index is 760. The molecule has 0 fully saturated rings. The molecule has 2 N–H and O–H groups in total. The van der Waals surface area contributed by atoms with Gasteiger partial charge in [-0.15, -0.1) is 11.6 Å². The average molecular weight is 403 g/mol. The van der Waals surface area contributed by atoms with E-state index in [1.165, 1.54) is 0 Å². The van der Waals surface area contributed by atoms with E-state index in [4.69, 9.17) is 16.3 Å². The molecule has 150 valence electrons. The number of alkyl carbamates (subject to hydrolysis) is 1. The standard InChI is InChI=1S/C22H27ClN2O3/c1-22(2,3)28-21(27)25-18(14-16-10-6-4-7-11-16)20(26)24-19(15-23)17-12-8-5-9-13-17/h4-13,18-19H,14-15H2,1-3H3,(H,24,26)(H,25,27)/t18-,19-/m0/s1. The van der Waals surface area contributed by atoms with Gasteiger partial charge in [0.05, 0.1) is 6.04 Å². The average Bonchev–Trinajstić information content (AvgIpc) is 2.65. The van der Waals surface area contributed by atoms with Gasteiger partial charge in [0.15, 0.2) is 0 Å². The van der Waals surface area contributed by atoms with Crippen molar-refractivity contribution in [2.75, 3.05) is 5.88 Å². The molecule has 0 unspecified atom stereocenters. The van der Waals surface area contributed by atoms with Gasteiger partial charge in [-0.05, 0) is 31.9 Å². The van der Waals surface area contributed by atoms with Gasteiger partial charge in [0.2, 0.25) is 5.91 Å². The zero-order valence-corrected chi connectivity index (χ0v) is 17.2. The molecular formula is C22H27ClN2O3. The topological polar surface area (TPSA) is 67.4 Å². The molecule has 0 spiro atoms. The second-order valence-electron chi connectivity index (χ2n) is 7.51. The third-order valence-corrected chi connectivity index (χ3v) is 4.27. The molecule has 0 aliphatic carbocycles. The maximum absolute atomic E-state index is 13.0. The summed E-state index contributed by atoms with van der Waals surface area (Å²) in [5.74, 6) is -0.0931. The van der Waals surface area contributed by atoms with E-state index in [9.17, 15) is 9.59 Å². The number of hydrogen-bond donors (Lipinski definition) is 2. The van der Waals surface area contributed by atoms with Crippen molar-refractivity contribution in [3.8, 4) is 0 Å². The second-order valence-corrected chi connectivity index (χ2v) is 7.82. The minimum Gasteiger partial charge on any atom is -0.444 e. The van der Waals surface area contributed by atoms with E-state index in [1.54, 1.807) is 20.8 Å². The highest BCUT2D eigenvalue weighted by Crippen LogP contribution is 2.15. The fourth-order valence-corrected chi connectivity index (χ4v) is 2.93. The van der Waals surface area contributed by atoms with Crippen molar-refractivity contribution in [3.63, 3.8) is 0 Å². The van der Waals surface area contributed by atoms with Gasteiger partial charge in [-0.25, -0.2) is 4.79 Å². The highest BCUT2D eigenvalue weighted by Gasteiger charge is 2.26. The molecule has 28 heavy (non-hydrogen) atoms. The van der Waals surface area contributed by atoms with E-state index in [1.807, 2.05) is 60.7 Å². The number of nitrogens with one attached hydrogen (secondary N) is 2. The second kappa shape index (κ2) is 10.1. The van der Waals surface area contributed by atoms with E-state index in [2.05, 4.69) is 10.6 Å². The third-order valence-electron chi connectivity index (χ3n) is 3.96. The molecule has 6 heteroatoms. The van der Waals surface area contributed by atoms with Crippen LogP contribution < -0.4 is 10.6 Å². The molecule has 2 aromatic rings. The monoisotopic (exact) mass is 402 g/mol. The van der Waals surface area contributed by atoms with Gasteiger partial charge in [-0.3, -0.25) is 4.79 Å². The minimum atomic E-state index is -0.785. The molecule has 0 saturated heterocycles. The molecular weight excluding hydrogens is 376 g/mol. The van der Waals surface area contributed by atoms with Crippen molar-refractivity contribution in [3.05, 3.63) is 71.8 Å². The Kier molecular flexibility index (Phi) is 7.88. The van der Waals surface area contributed by atoms with Gasteiger partial charge >= 0.3 is 6.09 Å². The van der Waals surface area contributed by atoms with E-state index in [0.717, 1.165) is 11.1 Å². The van der Waals surface area contributed by atoms with Crippen LogP contribution in [0.2, 0.25) is 0 Å². The SMILES string of the molecule is CC(C)(C)OC(=O)N[C@@H](Cc1ccccc1)C(=O)N[C@@H](CCl)c1ccccc1. The van der Waals surface area contributed by atoms with Gasteiger partial charge in [-0.1, -0.05) is 60.7 Å². The summed E-state index contributed by atoms with van der Waals surface area (Å²) in [6.07, 6.45) is -0.291. The van der Waals surface area contributed by atoms with Gasteiger partial charge in [0.25, 0.3) is 0 Å². The minimum absolute atomic E-state index is 0.222. The van der Waals surface area contributed by atoms with Crippen molar-refractivity contribution in [1.82, 2.24) is 10.6 Å². The van der Waals surface area contributed by atoms with Crippen LogP contribution in [-0.2, 0) is 16.0 Å². The number of benzene rings is 2. The lowest BCUT2D eigenvalue weighted by Gasteiger charge is -2.25. The van der Waals surface area contributed by atoms with Crippen molar-refractivity contribution in [2.45, 2.75) is 44.9 Å². The number of carbonyl (C=O) groups is 2. The maximum Gasteiger partial charge on any atom is 0.408 e. The summed E-state index contributed by atoms with van der Waals surface area (Å²) in [6, 6.07) is 17.9. The summed E-state index contributed by atoms with van der Waals surface area (Å²) in [6.45, 7) is 5.33. The largest absolute Gasteiger partial charge is 0.444 e. The van der Waals surface area contributed by atoms with Crippen LogP contribution in [0.15, 0.2) is 60.7 Å². The number of halogens is 1. The molecule has 0 aromatic heterocycles. The van der Waals surface area contributed by atoms with Crippen LogP contribution in [0.1, 0.15) is 37.9 Å². The molecule has 0 radical (unpaired) electrons. The zero-order valence-electron chi connectivity index (χ0n) is 16.4. The number of ether oxygens (including phenoxy) is 1. The van der Waals surface area contributed by atoms with Gasteiger partial charge in [-0.2, -0.15) is 0 Å². The Balaban J connectivity index is 2.14. The Morgan fingerprint density at radius 3 is 2.07 bits per heavy atom. The normalized spacial score (nSPS) is 13.3. The van der Waals surface area contributed by atoms with Crippen LogP contribution >= 0.6 is 11.6 Å². The summed E-state index contributed by atoms with van der Waals surface area (Å²) in [5, 5.41) is 5.62. The van der Waals surface area contributed by atoms with Gasteiger partial charge < -0.3 is 15.4 Å². The van der Waals surface area contributed by atoms with E-state index >= 15 is 0 Å². The third kappa shape index (κ3) is 7.24. The number of rotatable bonds is 7. The lowest BCUT2D eigenvalue weighted by Crippen LogP contribution is -2.50. The lowest BCUT2D eigenvalue weighted by atomic mass is 10.0. The van der Waals surface area contributed by atoms with Gasteiger partial charge in [0.1, 0.15) is 11.6 Å². The summed E-state index contributed by atoms with van der Waals surface area (Å²) in [7, 11) is 0. The summed E-state index contributed by atoms with van der Waals surface area (Å²) in [5.41, 5.74) is 1.18. The lowest BCUT2D eigenvalue weighted by molar-refractivity contribution is -0.123. The van der Waals surface area contributed by atoms with E-state index in [0.29, 0.717) is 6.42 Å². The first kappa shape index (κ1) is 21.8. The van der Waals surface area contributed by atoms with Crippen LogP contribution in [0, 0.1) is 0 Å². The smallest absolute Gasteiger partial charge is 0.408 e. The quantitative estimate of drug-likeness (QED) is 0.681. The first-order chi connectivity index (χ1) is 13.3. The van der Waals surface area contributed by atoms with Gasteiger partial charge in [0, 0.05) is 12.3 Å². The molecule has 2 aromatic carbocycles. The number of amides is 2. The predicted molar refractivity (Wildman–Crippen MR) is 111 cm³/mol. The molecule has 2 rings (SSSR count). The summed E-state index contributed by atoms with van der Waals surface area (Å²) in [4.78, 5) is 25.2. The van der Waals surface area contributed by atoms with Crippen LogP contribution in [-0.4, -0.2) is 29.5 Å². The Labute approximate surface area is 171 Å².